The molecule has 112 valence electrons. The van der Waals surface area contributed by atoms with Gasteiger partial charge in [-0.05, 0) is 42.2 Å². The summed E-state index contributed by atoms with van der Waals surface area (Å²) in [6.07, 6.45) is 5.78. The third-order valence-corrected chi connectivity index (χ3v) is 3.77. The van der Waals surface area contributed by atoms with E-state index in [0.717, 1.165) is 18.4 Å². The van der Waals surface area contributed by atoms with Crippen LogP contribution in [0.5, 0.6) is 0 Å². The van der Waals surface area contributed by atoms with Crippen LogP contribution in [0, 0.1) is 17.8 Å². The van der Waals surface area contributed by atoms with E-state index in [2.05, 4.69) is 31.6 Å². The number of carboxylic acid groups (broad SMARTS) is 1. The van der Waals surface area contributed by atoms with Crippen LogP contribution < -0.4 is 0 Å². The second-order valence-corrected chi connectivity index (χ2v) is 5.80. The summed E-state index contributed by atoms with van der Waals surface area (Å²) in [5.41, 5.74) is 1.28. The van der Waals surface area contributed by atoms with Crippen molar-refractivity contribution >= 4 is 11.9 Å². The van der Waals surface area contributed by atoms with Crippen LogP contribution in [0.25, 0.3) is 0 Å². The summed E-state index contributed by atoms with van der Waals surface area (Å²) in [5, 5.41) is 8.92. The molecule has 0 fully saturated rings. The fourth-order valence-corrected chi connectivity index (χ4v) is 2.70. The largest absolute Gasteiger partial charge is 0.481 e. The van der Waals surface area contributed by atoms with Crippen LogP contribution in [-0.4, -0.2) is 24.2 Å². The van der Waals surface area contributed by atoms with Crippen LogP contribution in [0.2, 0.25) is 0 Å². The standard InChI is InChI=1S/C16H24O4/c1-10(2)14-6-5-11(3)7-12(14)8-13(9-15(17)18)16(19)20-4/h7-8,10-11,14H,5-6,9H2,1-4H3,(H,17,18)/b13-8-/t11-,14+/m1/s1. The average Bonchev–Trinajstić information content (AvgIpc) is 2.36. The fourth-order valence-electron chi connectivity index (χ4n) is 2.70. The van der Waals surface area contributed by atoms with Crippen LogP contribution in [-0.2, 0) is 14.3 Å². The molecule has 0 aromatic carbocycles. The summed E-state index contributed by atoms with van der Waals surface area (Å²) in [6.45, 7) is 6.44. The van der Waals surface area contributed by atoms with Crippen molar-refractivity contribution in [2.45, 2.75) is 40.0 Å². The smallest absolute Gasteiger partial charge is 0.334 e. The van der Waals surface area contributed by atoms with Crippen LogP contribution >= 0.6 is 0 Å². The van der Waals surface area contributed by atoms with Gasteiger partial charge in [0.05, 0.1) is 13.5 Å². The number of hydrogen-bond donors (Lipinski definition) is 1. The molecule has 1 N–H and O–H groups in total. The molecular weight excluding hydrogens is 256 g/mol. The number of carbonyl (C=O) groups excluding carboxylic acids is 1. The molecule has 0 saturated carbocycles. The number of carbonyl (C=O) groups is 2. The van der Waals surface area contributed by atoms with E-state index in [0.29, 0.717) is 17.8 Å². The lowest BCUT2D eigenvalue weighted by Gasteiger charge is -2.29. The molecule has 1 aliphatic rings. The van der Waals surface area contributed by atoms with E-state index < -0.39 is 11.9 Å². The van der Waals surface area contributed by atoms with E-state index >= 15 is 0 Å². The van der Waals surface area contributed by atoms with Crippen molar-refractivity contribution < 1.29 is 19.4 Å². The van der Waals surface area contributed by atoms with Gasteiger partial charge in [-0.1, -0.05) is 26.8 Å². The molecular formula is C16H24O4. The number of methoxy groups -OCH3 is 1. The molecule has 4 nitrogen and oxygen atoms in total. The first-order chi connectivity index (χ1) is 9.35. The first-order valence-corrected chi connectivity index (χ1v) is 7.07. The summed E-state index contributed by atoms with van der Waals surface area (Å²) in [6, 6.07) is 0. The predicted octanol–water partition coefficient (Wildman–Crippen LogP) is 3.19. The molecule has 4 heteroatoms. The summed E-state index contributed by atoms with van der Waals surface area (Å²) in [7, 11) is 1.27. The van der Waals surface area contributed by atoms with E-state index in [4.69, 9.17) is 5.11 Å². The van der Waals surface area contributed by atoms with Crippen molar-refractivity contribution in [3.8, 4) is 0 Å². The molecule has 1 aliphatic carbocycles. The molecule has 0 bridgehead atoms. The molecule has 0 heterocycles. The Labute approximate surface area is 120 Å². The van der Waals surface area contributed by atoms with Gasteiger partial charge < -0.3 is 9.84 Å². The first-order valence-electron chi connectivity index (χ1n) is 7.07. The van der Waals surface area contributed by atoms with E-state index in [9.17, 15) is 9.59 Å². The highest BCUT2D eigenvalue weighted by Crippen LogP contribution is 2.35. The van der Waals surface area contributed by atoms with Gasteiger partial charge in [0.25, 0.3) is 0 Å². The second kappa shape index (κ2) is 7.27. The van der Waals surface area contributed by atoms with Crippen molar-refractivity contribution in [3.63, 3.8) is 0 Å². The van der Waals surface area contributed by atoms with Crippen molar-refractivity contribution in [1.29, 1.82) is 0 Å². The Morgan fingerprint density at radius 3 is 2.60 bits per heavy atom. The van der Waals surface area contributed by atoms with Gasteiger partial charge in [-0.15, -0.1) is 0 Å². The van der Waals surface area contributed by atoms with Crippen molar-refractivity contribution in [2.75, 3.05) is 7.11 Å². The van der Waals surface area contributed by atoms with E-state index in [1.54, 1.807) is 6.08 Å². The Kier molecular flexibility index (Phi) is 5.99. The van der Waals surface area contributed by atoms with Crippen molar-refractivity contribution in [3.05, 3.63) is 23.3 Å². The normalized spacial score (nSPS) is 23.4. The van der Waals surface area contributed by atoms with Crippen molar-refractivity contribution in [2.24, 2.45) is 17.8 Å². The van der Waals surface area contributed by atoms with Crippen LogP contribution in [0.1, 0.15) is 40.0 Å². The molecule has 0 saturated heterocycles. The first kappa shape index (κ1) is 16.5. The highest BCUT2D eigenvalue weighted by Gasteiger charge is 2.24. The Hall–Kier alpha value is -1.58. The summed E-state index contributed by atoms with van der Waals surface area (Å²) < 4.78 is 4.68. The maximum atomic E-state index is 11.7. The SMILES string of the molecule is COC(=O)/C(=C\C1=C[C@H](C)CC[C@H]1C(C)C)CC(=O)O. The highest BCUT2D eigenvalue weighted by molar-refractivity contribution is 5.93. The van der Waals surface area contributed by atoms with Gasteiger partial charge in [-0.3, -0.25) is 4.79 Å². The van der Waals surface area contributed by atoms with Gasteiger partial charge in [0.15, 0.2) is 0 Å². The molecule has 20 heavy (non-hydrogen) atoms. The number of allylic oxidation sites excluding steroid dienone is 3. The Morgan fingerprint density at radius 2 is 2.10 bits per heavy atom. The van der Waals surface area contributed by atoms with Crippen LogP contribution in [0.3, 0.4) is 0 Å². The third kappa shape index (κ3) is 4.51. The van der Waals surface area contributed by atoms with Gasteiger partial charge in [0.1, 0.15) is 0 Å². The number of esters is 1. The lowest BCUT2D eigenvalue weighted by molar-refractivity contribution is -0.141. The molecule has 0 radical (unpaired) electrons. The zero-order chi connectivity index (χ0) is 15.3. The summed E-state index contributed by atoms with van der Waals surface area (Å²) in [4.78, 5) is 22.6. The Balaban J connectivity index is 3.10. The zero-order valence-electron chi connectivity index (χ0n) is 12.7. The molecule has 0 aromatic heterocycles. The zero-order valence-corrected chi connectivity index (χ0v) is 12.7. The highest BCUT2D eigenvalue weighted by atomic mass is 16.5. The van der Waals surface area contributed by atoms with Gasteiger partial charge >= 0.3 is 11.9 Å². The predicted molar refractivity (Wildman–Crippen MR) is 77.2 cm³/mol. The fraction of sp³-hybridized carbons (Fsp3) is 0.625. The maximum absolute atomic E-state index is 11.7. The molecule has 0 aromatic rings. The topological polar surface area (TPSA) is 63.6 Å². The molecule has 0 aliphatic heterocycles. The number of ether oxygens (including phenoxy) is 1. The number of hydrogen-bond acceptors (Lipinski definition) is 3. The van der Waals surface area contributed by atoms with Crippen LogP contribution in [0.4, 0.5) is 0 Å². The number of rotatable bonds is 5. The van der Waals surface area contributed by atoms with E-state index in [-0.39, 0.29) is 12.0 Å². The summed E-state index contributed by atoms with van der Waals surface area (Å²) in [5.74, 6) is -0.283. The van der Waals surface area contributed by atoms with Gasteiger partial charge in [0, 0.05) is 5.57 Å². The minimum Gasteiger partial charge on any atom is -0.481 e. The Bertz CT molecular complexity index is 432. The Morgan fingerprint density at radius 1 is 1.45 bits per heavy atom. The number of carboxylic acids is 1. The molecule has 0 unspecified atom stereocenters. The summed E-state index contributed by atoms with van der Waals surface area (Å²) >= 11 is 0. The minimum atomic E-state index is -1.02. The van der Waals surface area contributed by atoms with Gasteiger partial charge in [0.2, 0.25) is 0 Å². The lowest BCUT2D eigenvalue weighted by atomic mass is 9.76. The molecule has 2 atom stereocenters. The molecule has 1 rings (SSSR count). The van der Waals surface area contributed by atoms with Crippen molar-refractivity contribution in [1.82, 2.24) is 0 Å². The minimum absolute atomic E-state index is 0.214. The monoisotopic (exact) mass is 280 g/mol. The van der Waals surface area contributed by atoms with E-state index in [1.807, 2.05) is 0 Å². The van der Waals surface area contributed by atoms with Gasteiger partial charge in [-0.25, -0.2) is 4.79 Å². The molecule has 0 spiro atoms. The van der Waals surface area contributed by atoms with Gasteiger partial charge in [-0.2, -0.15) is 0 Å². The molecule has 0 amide bonds. The van der Waals surface area contributed by atoms with Crippen LogP contribution in [0.15, 0.2) is 23.3 Å². The van der Waals surface area contributed by atoms with E-state index in [1.165, 1.54) is 7.11 Å². The quantitative estimate of drug-likeness (QED) is 0.620. The number of aliphatic carboxylic acids is 1. The maximum Gasteiger partial charge on any atom is 0.334 e. The average molecular weight is 280 g/mol. The lowest BCUT2D eigenvalue weighted by Crippen LogP contribution is -2.18. The second-order valence-electron chi connectivity index (χ2n) is 5.80. The third-order valence-electron chi connectivity index (χ3n) is 3.77.